The summed E-state index contributed by atoms with van der Waals surface area (Å²) in [7, 11) is 0. The Labute approximate surface area is 127 Å². The Balaban J connectivity index is 1.63. The van der Waals surface area contributed by atoms with Crippen molar-refractivity contribution in [2.24, 2.45) is 5.92 Å². The lowest BCUT2D eigenvalue weighted by Crippen LogP contribution is -2.39. The highest BCUT2D eigenvalue weighted by Gasteiger charge is 2.37. The third kappa shape index (κ3) is 2.10. The molecule has 0 aromatic heterocycles. The second-order valence-electron chi connectivity index (χ2n) is 5.58. The molecule has 2 aromatic rings. The summed E-state index contributed by atoms with van der Waals surface area (Å²) in [5, 5.41) is 3.67. The van der Waals surface area contributed by atoms with Gasteiger partial charge >= 0.3 is 0 Å². The molecule has 1 aliphatic carbocycles. The number of rotatable bonds is 1. The minimum absolute atomic E-state index is 0.0140. The van der Waals surface area contributed by atoms with Gasteiger partial charge < -0.3 is 4.74 Å². The number of halogens is 1. The fraction of sp³-hybridized carbons (Fsp3) is 0.294. The van der Waals surface area contributed by atoms with Crippen molar-refractivity contribution in [3.63, 3.8) is 0 Å². The van der Waals surface area contributed by atoms with Crippen LogP contribution in [0.25, 0.3) is 0 Å². The van der Waals surface area contributed by atoms with Gasteiger partial charge in [-0.15, -0.1) is 0 Å². The first-order valence-electron chi connectivity index (χ1n) is 7.02. The Morgan fingerprint density at radius 1 is 1.10 bits per heavy atom. The highest BCUT2D eigenvalue weighted by atomic mass is 79.9. The van der Waals surface area contributed by atoms with Crippen LogP contribution in [0.15, 0.2) is 53.0 Å². The van der Waals surface area contributed by atoms with Gasteiger partial charge in [0.05, 0.1) is 6.61 Å². The lowest BCUT2D eigenvalue weighted by atomic mass is 9.98. The normalized spacial score (nSPS) is 27.9. The Kier molecular flexibility index (Phi) is 3.14. The molecule has 0 spiro atoms. The van der Waals surface area contributed by atoms with Gasteiger partial charge in [-0.25, -0.2) is 0 Å². The molecule has 1 saturated heterocycles. The Morgan fingerprint density at radius 2 is 2.00 bits per heavy atom. The largest absolute Gasteiger partial charge is 0.359 e. The molecule has 0 amide bonds. The molecule has 2 nitrogen and oxygen atoms in total. The van der Waals surface area contributed by atoms with Crippen LogP contribution in [0.4, 0.5) is 0 Å². The second-order valence-corrected chi connectivity index (χ2v) is 6.49. The van der Waals surface area contributed by atoms with E-state index in [0.717, 1.165) is 17.5 Å². The third-order valence-corrected chi connectivity index (χ3v) is 4.80. The van der Waals surface area contributed by atoms with Crippen LogP contribution in [0.1, 0.15) is 29.0 Å². The van der Waals surface area contributed by atoms with Gasteiger partial charge in [-0.05, 0) is 35.2 Å². The van der Waals surface area contributed by atoms with Crippen LogP contribution in [-0.2, 0) is 11.2 Å². The van der Waals surface area contributed by atoms with E-state index in [9.17, 15) is 0 Å². The molecule has 2 aromatic carbocycles. The molecule has 0 saturated carbocycles. The van der Waals surface area contributed by atoms with Crippen LogP contribution in [0, 0.1) is 5.92 Å². The van der Waals surface area contributed by atoms with Crippen molar-refractivity contribution in [1.29, 1.82) is 0 Å². The molecule has 3 atom stereocenters. The van der Waals surface area contributed by atoms with E-state index < -0.39 is 0 Å². The molecule has 0 bridgehead atoms. The molecule has 4 rings (SSSR count). The second kappa shape index (κ2) is 4.99. The molecule has 1 N–H and O–H groups in total. The van der Waals surface area contributed by atoms with Crippen molar-refractivity contribution in [3.8, 4) is 0 Å². The summed E-state index contributed by atoms with van der Waals surface area (Å²) < 4.78 is 7.12. The predicted octanol–water partition coefficient (Wildman–Crippen LogP) is 3.98. The van der Waals surface area contributed by atoms with Crippen LogP contribution in [0.5, 0.6) is 0 Å². The number of benzene rings is 2. The average molecular weight is 330 g/mol. The van der Waals surface area contributed by atoms with E-state index in [1.165, 1.54) is 16.7 Å². The van der Waals surface area contributed by atoms with Crippen LogP contribution >= 0.6 is 15.9 Å². The lowest BCUT2D eigenvalue weighted by Gasteiger charge is -2.34. The van der Waals surface area contributed by atoms with Crippen LogP contribution < -0.4 is 5.32 Å². The Bertz CT molecular complexity index is 642. The first-order valence-corrected chi connectivity index (χ1v) is 7.81. The summed E-state index contributed by atoms with van der Waals surface area (Å²) in [6.07, 6.45) is 1.11. The van der Waals surface area contributed by atoms with Gasteiger partial charge in [-0.1, -0.05) is 52.3 Å². The number of hydrogen-bond donors (Lipinski definition) is 1. The van der Waals surface area contributed by atoms with Crippen molar-refractivity contribution >= 4 is 15.9 Å². The molecule has 20 heavy (non-hydrogen) atoms. The van der Waals surface area contributed by atoms with Gasteiger partial charge in [-0.2, -0.15) is 0 Å². The zero-order valence-corrected chi connectivity index (χ0v) is 12.6. The number of hydrogen-bond acceptors (Lipinski definition) is 2. The van der Waals surface area contributed by atoms with Gasteiger partial charge in [0.25, 0.3) is 0 Å². The SMILES string of the molecule is Brc1cccc([C@@H]2N[C@@H]3c4ccccc4C[C@@H]3CO2)c1. The minimum atomic E-state index is -0.0140. The number of nitrogens with one attached hydrogen (secondary N) is 1. The zero-order valence-electron chi connectivity index (χ0n) is 11.1. The molecule has 3 heteroatoms. The summed E-state index contributed by atoms with van der Waals surface area (Å²) in [5.74, 6) is 0.566. The Morgan fingerprint density at radius 3 is 2.90 bits per heavy atom. The van der Waals surface area contributed by atoms with E-state index in [4.69, 9.17) is 4.74 Å². The molecule has 102 valence electrons. The molecule has 2 aliphatic rings. The minimum Gasteiger partial charge on any atom is -0.359 e. The van der Waals surface area contributed by atoms with Crippen molar-refractivity contribution in [2.75, 3.05) is 6.61 Å². The molecular formula is C17H16BrNO. The maximum Gasteiger partial charge on any atom is 0.134 e. The summed E-state index contributed by atoms with van der Waals surface area (Å²) in [6.45, 7) is 0.823. The molecule has 1 aliphatic heterocycles. The highest BCUT2D eigenvalue weighted by molar-refractivity contribution is 9.10. The molecule has 1 fully saturated rings. The van der Waals surface area contributed by atoms with Crippen molar-refractivity contribution in [1.82, 2.24) is 5.32 Å². The van der Waals surface area contributed by atoms with Gasteiger partial charge in [0, 0.05) is 16.4 Å². The standard InChI is InChI=1S/C17H16BrNO/c18-14-6-3-5-12(9-14)17-19-16-13(10-20-17)8-11-4-1-2-7-15(11)16/h1-7,9,13,16-17,19H,8,10H2/t13-,16+,17-/m1/s1. The fourth-order valence-corrected chi connectivity index (χ4v) is 3.77. The Hall–Kier alpha value is -1.16. The van der Waals surface area contributed by atoms with Crippen LogP contribution in [0.3, 0.4) is 0 Å². The molecule has 1 heterocycles. The summed E-state index contributed by atoms with van der Waals surface area (Å²) in [6, 6.07) is 17.5. The van der Waals surface area contributed by atoms with Crippen molar-refractivity contribution in [3.05, 3.63) is 69.7 Å². The highest BCUT2D eigenvalue weighted by Crippen LogP contribution is 2.41. The van der Waals surface area contributed by atoms with E-state index in [2.05, 4.69) is 63.7 Å². The van der Waals surface area contributed by atoms with Gasteiger partial charge in [0.15, 0.2) is 0 Å². The smallest absolute Gasteiger partial charge is 0.134 e. The average Bonchev–Trinajstić information content (AvgIpc) is 2.85. The van der Waals surface area contributed by atoms with Crippen LogP contribution in [-0.4, -0.2) is 6.61 Å². The van der Waals surface area contributed by atoms with Crippen LogP contribution in [0.2, 0.25) is 0 Å². The predicted molar refractivity (Wildman–Crippen MR) is 82.3 cm³/mol. The number of ether oxygens (including phenoxy) is 1. The topological polar surface area (TPSA) is 21.3 Å². The van der Waals surface area contributed by atoms with Crippen molar-refractivity contribution in [2.45, 2.75) is 18.7 Å². The maximum atomic E-state index is 6.03. The van der Waals surface area contributed by atoms with E-state index in [0.29, 0.717) is 12.0 Å². The first-order chi connectivity index (χ1) is 9.81. The maximum absolute atomic E-state index is 6.03. The quantitative estimate of drug-likeness (QED) is 0.854. The van der Waals surface area contributed by atoms with E-state index in [-0.39, 0.29) is 6.23 Å². The first kappa shape index (κ1) is 12.6. The molecule has 0 radical (unpaired) electrons. The van der Waals surface area contributed by atoms with Gasteiger partial charge in [0.2, 0.25) is 0 Å². The summed E-state index contributed by atoms with van der Waals surface area (Å²) in [5.41, 5.74) is 4.09. The lowest BCUT2D eigenvalue weighted by molar-refractivity contribution is -0.0494. The van der Waals surface area contributed by atoms with E-state index in [1.807, 2.05) is 6.07 Å². The summed E-state index contributed by atoms with van der Waals surface area (Å²) >= 11 is 3.53. The fourth-order valence-electron chi connectivity index (χ4n) is 3.35. The van der Waals surface area contributed by atoms with E-state index >= 15 is 0 Å². The third-order valence-electron chi connectivity index (χ3n) is 4.30. The number of fused-ring (bicyclic) bond motifs is 3. The molecular weight excluding hydrogens is 314 g/mol. The zero-order chi connectivity index (χ0) is 13.5. The van der Waals surface area contributed by atoms with Crippen molar-refractivity contribution < 1.29 is 4.74 Å². The monoisotopic (exact) mass is 329 g/mol. The molecule has 0 unspecified atom stereocenters. The van der Waals surface area contributed by atoms with Gasteiger partial charge in [-0.3, -0.25) is 5.32 Å². The van der Waals surface area contributed by atoms with Gasteiger partial charge in [0.1, 0.15) is 6.23 Å². The summed E-state index contributed by atoms with van der Waals surface area (Å²) in [4.78, 5) is 0. The van der Waals surface area contributed by atoms with E-state index in [1.54, 1.807) is 0 Å².